The molecule has 0 bridgehead atoms. The number of hydrogen-bond acceptors (Lipinski definition) is 7. The number of halogens is 1. The van der Waals surface area contributed by atoms with Gasteiger partial charge in [0.1, 0.15) is 23.9 Å². The Morgan fingerprint density at radius 2 is 1.85 bits per heavy atom. The molecule has 0 aromatic heterocycles. The molecule has 0 aliphatic carbocycles. The van der Waals surface area contributed by atoms with Crippen LogP contribution in [0, 0.1) is 0 Å². The number of rotatable bonds is 4. The first-order chi connectivity index (χ1) is 16.1. The molecule has 3 heterocycles. The standard InChI is InChI=1S/C25H17ClO7/c26-17-7-15-10-28-12-32-25(15)16(8-17)11-29-18-2-3-19-21(9-18)33-23(24(19)27)6-14-1-4-20-22(5-14)31-13-30-20/h1-9H,10-13H2/b23-6-. The Labute approximate surface area is 194 Å². The summed E-state index contributed by atoms with van der Waals surface area (Å²) < 4.78 is 33.5. The molecule has 8 heteroatoms. The monoisotopic (exact) mass is 464 g/mol. The summed E-state index contributed by atoms with van der Waals surface area (Å²) >= 11 is 6.22. The van der Waals surface area contributed by atoms with Gasteiger partial charge in [-0.1, -0.05) is 17.7 Å². The highest BCUT2D eigenvalue weighted by Crippen LogP contribution is 2.38. The van der Waals surface area contributed by atoms with Gasteiger partial charge in [0.05, 0.1) is 12.2 Å². The van der Waals surface area contributed by atoms with E-state index in [1.54, 1.807) is 30.3 Å². The smallest absolute Gasteiger partial charge is 0.231 e. The van der Waals surface area contributed by atoms with E-state index in [0.29, 0.717) is 40.2 Å². The van der Waals surface area contributed by atoms with Crippen molar-refractivity contribution in [2.75, 3.05) is 13.6 Å². The van der Waals surface area contributed by atoms with E-state index in [-0.39, 0.29) is 31.7 Å². The zero-order chi connectivity index (χ0) is 22.4. The van der Waals surface area contributed by atoms with Gasteiger partial charge in [-0.2, -0.15) is 0 Å². The molecular weight excluding hydrogens is 448 g/mol. The first-order valence-electron chi connectivity index (χ1n) is 10.3. The van der Waals surface area contributed by atoms with Crippen LogP contribution in [0.4, 0.5) is 0 Å². The largest absolute Gasteiger partial charge is 0.489 e. The molecule has 3 aliphatic rings. The van der Waals surface area contributed by atoms with Crippen molar-refractivity contribution in [1.29, 1.82) is 0 Å². The number of benzene rings is 3. The average Bonchev–Trinajstić information content (AvgIpc) is 3.41. The van der Waals surface area contributed by atoms with Gasteiger partial charge in [0.25, 0.3) is 0 Å². The number of allylic oxidation sites excluding steroid dienone is 1. The summed E-state index contributed by atoms with van der Waals surface area (Å²) in [5.41, 5.74) is 2.96. The van der Waals surface area contributed by atoms with Crippen molar-refractivity contribution in [1.82, 2.24) is 0 Å². The number of Topliss-reactive ketones (excluding diaryl/α,β-unsaturated/α-hetero) is 1. The highest BCUT2D eigenvalue weighted by Gasteiger charge is 2.28. The van der Waals surface area contributed by atoms with Crippen LogP contribution in [0.25, 0.3) is 6.08 Å². The minimum Gasteiger partial charge on any atom is -0.489 e. The Kier molecular flexibility index (Phi) is 4.86. The van der Waals surface area contributed by atoms with E-state index >= 15 is 0 Å². The van der Waals surface area contributed by atoms with E-state index in [1.165, 1.54) is 0 Å². The molecule has 0 atom stereocenters. The quantitative estimate of drug-likeness (QED) is 0.495. The Balaban J connectivity index is 1.21. The molecule has 3 aliphatic heterocycles. The third-order valence-corrected chi connectivity index (χ3v) is 5.70. The molecule has 0 amide bonds. The van der Waals surface area contributed by atoms with E-state index in [4.69, 9.17) is 40.0 Å². The summed E-state index contributed by atoms with van der Waals surface area (Å²) in [6.07, 6.45) is 1.68. The van der Waals surface area contributed by atoms with Crippen LogP contribution in [0.1, 0.15) is 27.0 Å². The Bertz CT molecular complexity index is 1310. The second-order valence-electron chi connectivity index (χ2n) is 7.66. The Morgan fingerprint density at radius 3 is 2.79 bits per heavy atom. The predicted molar refractivity (Wildman–Crippen MR) is 118 cm³/mol. The van der Waals surface area contributed by atoms with Gasteiger partial charge in [-0.15, -0.1) is 0 Å². The minimum atomic E-state index is -0.188. The normalized spacial score (nSPS) is 16.8. The van der Waals surface area contributed by atoms with Gasteiger partial charge in [0, 0.05) is 22.2 Å². The third-order valence-electron chi connectivity index (χ3n) is 5.48. The summed E-state index contributed by atoms with van der Waals surface area (Å²) in [6.45, 7) is 1.07. The first kappa shape index (κ1) is 20.0. The zero-order valence-electron chi connectivity index (χ0n) is 17.3. The molecule has 166 valence electrons. The first-order valence-corrected chi connectivity index (χ1v) is 10.6. The molecular formula is C25H17ClO7. The van der Waals surface area contributed by atoms with Crippen molar-refractivity contribution in [3.05, 3.63) is 81.6 Å². The Morgan fingerprint density at radius 1 is 0.939 bits per heavy atom. The molecule has 3 aromatic carbocycles. The van der Waals surface area contributed by atoms with Crippen LogP contribution in [-0.2, 0) is 18.0 Å². The van der Waals surface area contributed by atoms with Gasteiger partial charge in [0.2, 0.25) is 12.6 Å². The third kappa shape index (κ3) is 3.75. The van der Waals surface area contributed by atoms with Gasteiger partial charge in [0.15, 0.2) is 24.1 Å². The molecule has 0 unspecified atom stereocenters. The lowest BCUT2D eigenvalue weighted by atomic mass is 10.1. The van der Waals surface area contributed by atoms with E-state index in [2.05, 4.69) is 0 Å². The number of ether oxygens (including phenoxy) is 6. The fourth-order valence-electron chi connectivity index (χ4n) is 3.94. The molecule has 0 spiro atoms. The summed E-state index contributed by atoms with van der Waals surface area (Å²) in [6, 6.07) is 14.2. The van der Waals surface area contributed by atoms with E-state index < -0.39 is 0 Å². The molecule has 0 fully saturated rings. The van der Waals surface area contributed by atoms with Gasteiger partial charge in [-0.05, 0) is 48.0 Å². The maximum Gasteiger partial charge on any atom is 0.231 e. The number of fused-ring (bicyclic) bond motifs is 3. The van der Waals surface area contributed by atoms with Crippen LogP contribution in [0.5, 0.6) is 28.7 Å². The van der Waals surface area contributed by atoms with Gasteiger partial charge >= 0.3 is 0 Å². The highest BCUT2D eigenvalue weighted by molar-refractivity contribution is 6.30. The molecule has 0 saturated carbocycles. The topological polar surface area (TPSA) is 72.5 Å². The fourth-order valence-corrected chi connectivity index (χ4v) is 4.20. The molecule has 33 heavy (non-hydrogen) atoms. The van der Waals surface area contributed by atoms with Crippen molar-refractivity contribution in [3.63, 3.8) is 0 Å². The second-order valence-corrected chi connectivity index (χ2v) is 8.10. The fraction of sp³-hybridized carbons (Fsp3) is 0.160. The van der Waals surface area contributed by atoms with Crippen molar-refractivity contribution in [3.8, 4) is 28.7 Å². The maximum atomic E-state index is 12.8. The SMILES string of the molecule is O=C1/C(=C/c2ccc3c(c2)OCO3)Oc2cc(OCc3cc(Cl)cc4c3OCOC4)ccc21. The minimum absolute atomic E-state index is 0.188. The summed E-state index contributed by atoms with van der Waals surface area (Å²) in [4.78, 5) is 12.8. The summed E-state index contributed by atoms with van der Waals surface area (Å²) in [5, 5.41) is 0.586. The predicted octanol–water partition coefficient (Wildman–Crippen LogP) is 5.13. The molecule has 7 nitrogen and oxygen atoms in total. The average molecular weight is 465 g/mol. The van der Waals surface area contributed by atoms with Gasteiger partial charge in [-0.3, -0.25) is 4.79 Å². The molecule has 0 radical (unpaired) electrons. The molecule has 3 aromatic rings. The van der Waals surface area contributed by atoms with Crippen LogP contribution in [0.2, 0.25) is 5.02 Å². The van der Waals surface area contributed by atoms with Crippen molar-refractivity contribution < 1.29 is 33.2 Å². The number of ketones is 1. The van der Waals surface area contributed by atoms with Crippen LogP contribution in [0.15, 0.2) is 54.3 Å². The van der Waals surface area contributed by atoms with Crippen molar-refractivity contribution in [2.24, 2.45) is 0 Å². The lowest BCUT2D eigenvalue weighted by molar-refractivity contribution is -0.0175. The summed E-state index contributed by atoms with van der Waals surface area (Å²) in [7, 11) is 0. The van der Waals surface area contributed by atoms with Crippen LogP contribution in [0.3, 0.4) is 0 Å². The van der Waals surface area contributed by atoms with E-state index in [1.807, 2.05) is 24.3 Å². The maximum absolute atomic E-state index is 12.8. The lowest BCUT2D eigenvalue weighted by Gasteiger charge is -2.21. The number of hydrogen-bond donors (Lipinski definition) is 0. The zero-order valence-corrected chi connectivity index (χ0v) is 18.0. The van der Waals surface area contributed by atoms with Crippen LogP contribution in [-0.4, -0.2) is 19.4 Å². The van der Waals surface area contributed by atoms with Crippen LogP contribution >= 0.6 is 11.6 Å². The molecule has 0 N–H and O–H groups in total. The van der Waals surface area contributed by atoms with Gasteiger partial charge < -0.3 is 28.4 Å². The number of carbonyl (C=O) groups is 1. The lowest BCUT2D eigenvalue weighted by Crippen LogP contribution is -2.14. The van der Waals surface area contributed by atoms with Crippen LogP contribution < -0.4 is 23.7 Å². The highest BCUT2D eigenvalue weighted by atomic mass is 35.5. The van der Waals surface area contributed by atoms with Crippen molar-refractivity contribution in [2.45, 2.75) is 13.2 Å². The summed E-state index contributed by atoms with van der Waals surface area (Å²) in [5.74, 6) is 3.10. The van der Waals surface area contributed by atoms with E-state index in [9.17, 15) is 4.79 Å². The second kappa shape index (κ2) is 8.03. The van der Waals surface area contributed by atoms with Crippen molar-refractivity contribution >= 4 is 23.5 Å². The molecule has 6 rings (SSSR count). The van der Waals surface area contributed by atoms with Gasteiger partial charge in [-0.25, -0.2) is 0 Å². The molecule has 0 saturated heterocycles. The number of carbonyl (C=O) groups excluding carboxylic acids is 1. The van der Waals surface area contributed by atoms with E-state index in [0.717, 1.165) is 22.4 Å². The Hall–Kier alpha value is -3.68.